The molecule has 114 valence electrons. The first kappa shape index (κ1) is 14.4. The molecule has 0 saturated heterocycles. The van der Waals surface area contributed by atoms with Crippen LogP contribution in [0.25, 0.3) is 0 Å². The van der Waals surface area contributed by atoms with Crippen molar-refractivity contribution in [1.82, 2.24) is 29.5 Å². The van der Waals surface area contributed by atoms with E-state index in [1.165, 1.54) is 33.4 Å². The van der Waals surface area contributed by atoms with E-state index >= 15 is 0 Å². The van der Waals surface area contributed by atoms with Crippen LogP contribution in [0.3, 0.4) is 0 Å². The first-order valence-electron chi connectivity index (χ1n) is 7.31. The van der Waals surface area contributed by atoms with Gasteiger partial charge >= 0.3 is 0 Å². The predicted molar refractivity (Wildman–Crippen MR) is 83.6 cm³/mol. The minimum absolute atomic E-state index is 0.753. The van der Waals surface area contributed by atoms with Gasteiger partial charge in [-0.05, 0) is 61.1 Å². The van der Waals surface area contributed by atoms with Gasteiger partial charge in [-0.25, -0.2) is 19.3 Å². The fraction of sp³-hybridized carbons (Fsp3) is 0.375. The molecule has 3 aromatic rings. The molecule has 6 nitrogen and oxygen atoms in total. The maximum Gasteiger partial charge on any atom is 0.137 e. The van der Waals surface area contributed by atoms with Crippen LogP contribution in [-0.2, 0) is 13.1 Å². The summed E-state index contributed by atoms with van der Waals surface area (Å²) >= 11 is 0. The number of hydrogen-bond acceptors (Lipinski definition) is 4. The fourth-order valence-electron chi connectivity index (χ4n) is 2.89. The summed E-state index contributed by atoms with van der Waals surface area (Å²) in [4.78, 5) is 8.05. The van der Waals surface area contributed by atoms with Crippen LogP contribution in [0, 0.1) is 27.7 Å². The zero-order valence-electron chi connectivity index (χ0n) is 13.4. The average molecular weight is 296 g/mol. The lowest BCUT2D eigenvalue weighted by Gasteiger charge is -2.20. The van der Waals surface area contributed by atoms with Crippen molar-refractivity contribution in [3.63, 3.8) is 0 Å². The van der Waals surface area contributed by atoms with E-state index < -0.39 is 0 Å². The van der Waals surface area contributed by atoms with E-state index in [1.54, 1.807) is 25.3 Å². The van der Waals surface area contributed by atoms with Gasteiger partial charge in [-0.2, -0.15) is 10.2 Å². The molecule has 3 rings (SSSR count). The van der Waals surface area contributed by atoms with E-state index in [9.17, 15) is 0 Å². The Hall–Kier alpha value is -2.50. The molecule has 0 unspecified atom stereocenters. The predicted octanol–water partition coefficient (Wildman–Crippen LogP) is 2.20. The monoisotopic (exact) mass is 296 g/mol. The standard InChI is InChI=1S/C16H20N6/c1-11-12(2)16(6-22-10-18-8-20-22)14(4)13(3)15(11)5-21-9-17-7-19-21/h7-10H,5-6H2,1-4H3. The molecule has 0 bridgehead atoms. The van der Waals surface area contributed by atoms with Gasteiger partial charge in [0.1, 0.15) is 25.3 Å². The molecule has 0 saturated carbocycles. The van der Waals surface area contributed by atoms with Crippen molar-refractivity contribution < 1.29 is 0 Å². The fourth-order valence-corrected chi connectivity index (χ4v) is 2.89. The van der Waals surface area contributed by atoms with Gasteiger partial charge in [-0.15, -0.1) is 0 Å². The highest BCUT2D eigenvalue weighted by Gasteiger charge is 2.15. The third-order valence-electron chi connectivity index (χ3n) is 4.51. The lowest BCUT2D eigenvalue weighted by Crippen LogP contribution is -2.12. The highest BCUT2D eigenvalue weighted by molar-refractivity contribution is 5.50. The van der Waals surface area contributed by atoms with E-state index in [1.807, 2.05) is 9.36 Å². The van der Waals surface area contributed by atoms with Gasteiger partial charge in [-0.1, -0.05) is 0 Å². The van der Waals surface area contributed by atoms with Crippen LogP contribution in [-0.4, -0.2) is 29.5 Å². The highest BCUT2D eigenvalue weighted by atomic mass is 15.3. The normalized spacial score (nSPS) is 11.1. The van der Waals surface area contributed by atoms with Crippen LogP contribution in [0.15, 0.2) is 25.3 Å². The quantitative estimate of drug-likeness (QED) is 0.740. The van der Waals surface area contributed by atoms with Crippen LogP contribution in [0.1, 0.15) is 33.4 Å². The summed E-state index contributed by atoms with van der Waals surface area (Å²) in [6, 6.07) is 0. The zero-order valence-corrected chi connectivity index (χ0v) is 13.4. The van der Waals surface area contributed by atoms with Crippen molar-refractivity contribution in [3.05, 3.63) is 58.7 Å². The van der Waals surface area contributed by atoms with Crippen molar-refractivity contribution in [2.75, 3.05) is 0 Å². The molecule has 2 aromatic heterocycles. The molecule has 0 aliphatic rings. The molecule has 0 aliphatic heterocycles. The van der Waals surface area contributed by atoms with Gasteiger partial charge in [0.2, 0.25) is 0 Å². The second kappa shape index (κ2) is 5.71. The number of aromatic nitrogens is 6. The van der Waals surface area contributed by atoms with E-state index in [2.05, 4.69) is 47.9 Å². The lowest BCUT2D eigenvalue weighted by atomic mass is 9.89. The summed E-state index contributed by atoms with van der Waals surface area (Å²) in [6.45, 7) is 10.2. The van der Waals surface area contributed by atoms with Gasteiger partial charge < -0.3 is 0 Å². The average Bonchev–Trinajstić information content (AvgIpc) is 3.19. The smallest absolute Gasteiger partial charge is 0.137 e. The van der Waals surface area contributed by atoms with Crippen molar-refractivity contribution in [3.8, 4) is 0 Å². The first-order chi connectivity index (χ1) is 10.6. The number of rotatable bonds is 4. The molecule has 0 fully saturated rings. The van der Waals surface area contributed by atoms with E-state index in [-0.39, 0.29) is 0 Å². The molecule has 0 spiro atoms. The van der Waals surface area contributed by atoms with Crippen LogP contribution < -0.4 is 0 Å². The van der Waals surface area contributed by atoms with Crippen molar-refractivity contribution in [2.24, 2.45) is 0 Å². The topological polar surface area (TPSA) is 61.4 Å². The summed E-state index contributed by atoms with van der Waals surface area (Å²) in [5.74, 6) is 0. The number of benzene rings is 1. The molecule has 0 atom stereocenters. The second-order valence-electron chi connectivity index (χ2n) is 5.64. The van der Waals surface area contributed by atoms with Gasteiger partial charge in [0.15, 0.2) is 0 Å². The Labute approximate surface area is 129 Å². The molecule has 0 radical (unpaired) electrons. The molecule has 0 N–H and O–H groups in total. The summed E-state index contributed by atoms with van der Waals surface area (Å²) in [5.41, 5.74) is 7.90. The summed E-state index contributed by atoms with van der Waals surface area (Å²) < 4.78 is 3.73. The summed E-state index contributed by atoms with van der Waals surface area (Å²) in [7, 11) is 0. The molecule has 6 heteroatoms. The lowest BCUT2D eigenvalue weighted by molar-refractivity contribution is 0.665. The first-order valence-corrected chi connectivity index (χ1v) is 7.31. The largest absolute Gasteiger partial charge is 0.249 e. The van der Waals surface area contributed by atoms with E-state index in [4.69, 9.17) is 0 Å². The number of hydrogen-bond donors (Lipinski definition) is 0. The minimum Gasteiger partial charge on any atom is -0.249 e. The van der Waals surface area contributed by atoms with E-state index in [0.29, 0.717) is 0 Å². The Bertz CT molecular complexity index is 675. The van der Waals surface area contributed by atoms with Gasteiger partial charge in [0.25, 0.3) is 0 Å². The van der Waals surface area contributed by atoms with Gasteiger partial charge in [-0.3, -0.25) is 0 Å². The van der Waals surface area contributed by atoms with Gasteiger partial charge in [0.05, 0.1) is 13.1 Å². The van der Waals surface area contributed by atoms with Crippen LogP contribution in [0.4, 0.5) is 0 Å². The van der Waals surface area contributed by atoms with Crippen molar-refractivity contribution in [1.29, 1.82) is 0 Å². The molecular weight excluding hydrogens is 276 g/mol. The molecule has 1 aromatic carbocycles. The molecule has 0 amide bonds. The van der Waals surface area contributed by atoms with Crippen molar-refractivity contribution >= 4 is 0 Å². The third kappa shape index (κ3) is 2.52. The van der Waals surface area contributed by atoms with E-state index in [0.717, 1.165) is 13.1 Å². The Kier molecular flexibility index (Phi) is 3.75. The number of nitrogens with zero attached hydrogens (tertiary/aromatic N) is 6. The van der Waals surface area contributed by atoms with Crippen LogP contribution in [0.5, 0.6) is 0 Å². The molecule has 22 heavy (non-hydrogen) atoms. The molecule has 0 aliphatic carbocycles. The zero-order chi connectivity index (χ0) is 15.7. The minimum atomic E-state index is 0.753. The third-order valence-corrected chi connectivity index (χ3v) is 4.51. The Morgan fingerprint density at radius 1 is 0.682 bits per heavy atom. The van der Waals surface area contributed by atoms with Crippen LogP contribution in [0.2, 0.25) is 0 Å². The maximum atomic E-state index is 4.22. The van der Waals surface area contributed by atoms with Gasteiger partial charge in [0, 0.05) is 0 Å². The SMILES string of the molecule is Cc1c(C)c(Cn2cncn2)c(C)c(C)c1Cn1cncn1. The highest BCUT2D eigenvalue weighted by Crippen LogP contribution is 2.27. The second-order valence-corrected chi connectivity index (χ2v) is 5.64. The Morgan fingerprint density at radius 3 is 1.32 bits per heavy atom. The Balaban J connectivity index is 2.04. The summed E-state index contributed by atoms with van der Waals surface area (Å²) in [5, 5.41) is 8.44. The summed E-state index contributed by atoms with van der Waals surface area (Å²) in [6.07, 6.45) is 6.66. The molecule has 2 heterocycles. The Morgan fingerprint density at radius 2 is 1.05 bits per heavy atom. The van der Waals surface area contributed by atoms with Crippen LogP contribution >= 0.6 is 0 Å². The molecular formula is C16H20N6. The van der Waals surface area contributed by atoms with Crippen molar-refractivity contribution in [2.45, 2.75) is 40.8 Å². The maximum absolute atomic E-state index is 4.22.